The van der Waals surface area contributed by atoms with E-state index in [1.807, 2.05) is 56.0 Å². The van der Waals surface area contributed by atoms with E-state index in [1.54, 1.807) is 4.90 Å². The molecule has 2 fully saturated rings. The number of nitrogens with two attached hydrogens (primary N) is 1. The molecule has 0 radical (unpaired) electrons. The van der Waals surface area contributed by atoms with Crippen LogP contribution in [0.2, 0.25) is 0 Å². The van der Waals surface area contributed by atoms with Crippen molar-refractivity contribution in [1.82, 2.24) is 25.8 Å². The number of amides is 5. The fourth-order valence-corrected chi connectivity index (χ4v) is 5.32. The number of carbonyl (C=O) groups excluding carboxylic acids is 5. The molecular weight excluding hydrogens is 512 g/mol. The number of likely N-dealkylation sites (tertiary alicyclic amines) is 2. The average Bonchev–Trinajstić information content (AvgIpc) is 2.92. The van der Waals surface area contributed by atoms with Crippen LogP contribution in [0, 0.1) is 11.3 Å². The van der Waals surface area contributed by atoms with Crippen LogP contribution < -0.4 is 21.7 Å². The molecule has 0 bridgehead atoms. The second kappa shape index (κ2) is 14.2. The first-order valence-corrected chi connectivity index (χ1v) is 14.2. The highest BCUT2D eigenvalue weighted by Gasteiger charge is 2.46. The molecule has 1 spiro atoms. The lowest BCUT2D eigenvalue weighted by atomic mass is 9.72. The number of nitrogens with zero attached hydrogens (tertiary/aromatic N) is 2. The molecule has 0 saturated carbocycles. The minimum absolute atomic E-state index is 0.110. The predicted molar refractivity (Wildman–Crippen MR) is 151 cm³/mol. The highest BCUT2D eigenvalue weighted by molar-refractivity contribution is 5.92. The molecule has 11 nitrogen and oxygen atoms in total. The van der Waals surface area contributed by atoms with Crippen molar-refractivity contribution >= 4 is 29.5 Å². The van der Waals surface area contributed by atoms with Gasteiger partial charge in [0.25, 0.3) is 0 Å². The minimum atomic E-state index is -0.836. The van der Waals surface area contributed by atoms with Gasteiger partial charge in [-0.2, -0.15) is 0 Å². The van der Waals surface area contributed by atoms with E-state index in [4.69, 9.17) is 5.73 Å². The van der Waals surface area contributed by atoms with Crippen LogP contribution in [-0.4, -0.2) is 90.7 Å². The van der Waals surface area contributed by atoms with E-state index in [1.165, 1.54) is 0 Å². The van der Waals surface area contributed by atoms with Crippen molar-refractivity contribution in [2.45, 2.75) is 65.0 Å². The van der Waals surface area contributed by atoms with E-state index in [9.17, 15) is 24.0 Å². The van der Waals surface area contributed by atoms with Gasteiger partial charge in [-0.1, -0.05) is 51.1 Å². The summed E-state index contributed by atoms with van der Waals surface area (Å²) in [6.45, 7) is 7.98. The van der Waals surface area contributed by atoms with Gasteiger partial charge in [0.2, 0.25) is 29.5 Å². The number of rotatable bonds is 12. The van der Waals surface area contributed by atoms with Crippen LogP contribution in [0.25, 0.3) is 0 Å². The van der Waals surface area contributed by atoms with E-state index < -0.39 is 29.8 Å². The van der Waals surface area contributed by atoms with Crippen molar-refractivity contribution in [2.24, 2.45) is 17.1 Å². The Morgan fingerprint density at radius 3 is 2.12 bits per heavy atom. The minimum Gasteiger partial charge on any atom is -0.346 e. The summed E-state index contributed by atoms with van der Waals surface area (Å²) in [7, 11) is 0. The van der Waals surface area contributed by atoms with Gasteiger partial charge in [0.15, 0.2) is 0 Å². The maximum absolute atomic E-state index is 12.9. The third-order valence-corrected chi connectivity index (χ3v) is 7.72. The Balaban J connectivity index is 1.40. The normalized spacial score (nSPS) is 17.5. The molecule has 0 aromatic heterocycles. The van der Waals surface area contributed by atoms with Crippen molar-refractivity contribution in [2.75, 3.05) is 39.3 Å². The van der Waals surface area contributed by atoms with Crippen LogP contribution in [0.4, 0.5) is 0 Å². The number of benzene rings is 1. The summed E-state index contributed by atoms with van der Waals surface area (Å²) in [4.78, 5) is 66.0. The second-order valence-electron chi connectivity index (χ2n) is 11.5. The van der Waals surface area contributed by atoms with E-state index >= 15 is 0 Å². The molecule has 2 aliphatic heterocycles. The zero-order chi connectivity index (χ0) is 29.3. The summed E-state index contributed by atoms with van der Waals surface area (Å²) < 4.78 is 0. The van der Waals surface area contributed by atoms with E-state index in [2.05, 4.69) is 16.0 Å². The molecular formula is C29H44N6O5. The summed E-state index contributed by atoms with van der Waals surface area (Å²) in [5.41, 5.74) is 7.00. The summed E-state index contributed by atoms with van der Waals surface area (Å²) in [5, 5.41) is 7.88. The number of hydrogen-bond acceptors (Lipinski definition) is 6. The Bertz CT molecular complexity index is 1050. The fourth-order valence-electron chi connectivity index (χ4n) is 5.32. The van der Waals surface area contributed by atoms with Crippen LogP contribution in [0.15, 0.2) is 30.3 Å². The molecule has 1 aromatic carbocycles. The van der Waals surface area contributed by atoms with Crippen LogP contribution in [0.5, 0.6) is 0 Å². The molecule has 1 aromatic rings. The molecule has 2 saturated heterocycles. The Hall–Kier alpha value is -3.47. The number of hydrogen-bond donors (Lipinski definition) is 4. The fraction of sp³-hybridized carbons (Fsp3) is 0.621. The smallest absolute Gasteiger partial charge is 0.243 e. The molecule has 40 heavy (non-hydrogen) atoms. The monoisotopic (exact) mass is 556 g/mol. The molecule has 2 aliphatic rings. The largest absolute Gasteiger partial charge is 0.346 e. The van der Waals surface area contributed by atoms with Crippen LogP contribution in [0.3, 0.4) is 0 Å². The van der Waals surface area contributed by atoms with Gasteiger partial charge in [-0.3, -0.25) is 24.0 Å². The van der Waals surface area contributed by atoms with Gasteiger partial charge in [0, 0.05) is 38.0 Å². The number of nitrogens with one attached hydrogen (secondary N) is 3. The lowest BCUT2D eigenvalue weighted by Crippen LogP contribution is -2.62. The Morgan fingerprint density at radius 1 is 0.900 bits per heavy atom. The first kappa shape index (κ1) is 31.1. The van der Waals surface area contributed by atoms with Gasteiger partial charge in [-0.25, -0.2) is 0 Å². The number of carbonyl (C=O) groups is 5. The van der Waals surface area contributed by atoms with Gasteiger partial charge in [0.05, 0.1) is 19.1 Å². The topological polar surface area (TPSA) is 154 Å². The van der Waals surface area contributed by atoms with Gasteiger partial charge in [-0.05, 0) is 37.2 Å². The van der Waals surface area contributed by atoms with Crippen molar-refractivity contribution in [3.63, 3.8) is 0 Å². The average molecular weight is 557 g/mol. The molecule has 2 atom stereocenters. The summed E-state index contributed by atoms with van der Waals surface area (Å²) in [6.07, 6.45) is 2.91. The predicted octanol–water partition coefficient (Wildman–Crippen LogP) is 0.181. The summed E-state index contributed by atoms with van der Waals surface area (Å²) in [6, 6.07) is 7.72. The van der Waals surface area contributed by atoms with Crippen molar-refractivity contribution in [3.8, 4) is 0 Å². The van der Waals surface area contributed by atoms with Crippen molar-refractivity contribution < 1.29 is 24.0 Å². The highest BCUT2D eigenvalue weighted by Crippen LogP contribution is 2.40. The molecule has 220 valence electrons. The molecule has 0 unspecified atom stereocenters. The SMILES string of the molecule is CCC(=O)N1CC2(CCN(C(=O)CNC(=O)[C@@H](CC(C)C)NC(=O)CNC(=O)[C@H](N)Cc3ccccc3)CC2)C1. The molecule has 0 aliphatic carbocycles. The van der Waals surface area contributed by atoms with Crippen molar-refractivity contribution in [3.05, 3.63) is 35.9 Å². The molecule has 5 N–H and O–H groups in total. The molecule has 11 heteroatoms. The Morgan fingerprint density at radius 2 is 1.52 bits per heavy atom. The standard InChI is InChI=1S/C29H44N6O5/c1-4-25(37)35-18-29(19-35)10-12-34(13-11-29)26(38)17-32-28(40)23(14-20(2)3)33-24(36)16-31-27(39)22(30)15-21-8-6-5-7-9-21/h5-9,20,22-23H,4,10-19,30H2,1-3H3,(H,31,39)(H,32,40)(H,33,36)/t22-,23-/m1/s1. The third-order valence-electron chi connectivity index (χ3n) is 7.72. The lowest BCUT2D eigenvalue weighted by molar-refractivity contribution is -0.149. The molecule has 3 rings (SSSR count). The third kappa shape index (κ3) is 8.77. The first-order chi connectivity index (χ1) is 19.0. The van der Waals surface area contributed by atoms with Gasteiger partial charge in [0.1, 0.15) is 6.04 Å². The zero-order valence-electron chi connectivity index (χ0n) is 23.9. The Kier molecular flexibility index (Phi) is 11.1. The summed E-state index contributed by atoms with van der Waals surface area (Å²) in [5.74, 6) is -1.29. The van der Waals surface area contributed by atoms with Crippen LogP contribution in [0.1, 0.15) is 52.0 Å². The number of piperidine rings is 1. The first-order valence-electron chi connectivity index (χ1n) is 14.2. The maximum atomic E-state index is 12.9. The van der Waals surface area contributed by atoms with Crippen LogP contribution in [-0.2, 0) is 30.4 Å². The van der Waals surface area contributed by atoms with Gasteiger partial charge in [-0.15, -0.1) is 0 Å². The van der Waals surface area contributed by atoms with E-state index in [-0.39, 0.29) is 36.2 Å². The highest BCUT2D eigenvalue weighted by atomic mass is 16.2. The quantitative estimate of drug-likeness (QED) is 0.288. The maximum Gasteiger partial charge on any atom is 0.243 e. The van der Waals surface area contributed by atoms with Crippen molar-refractivity contribution in [1.29, 1.82) is 0 Å². The van der Waals surface area contributed by atoms with Crippen LogP contribution >= 0.6 is 0 Å². The Labute approximate surface area is 236 Å². The molecule has 5 amide bonds. The zero-order valence-corrected chi connectivity index (χ0v) is 23.9. The second-order valence-corrected chi connectivity index (χ2v) is 11.5. The van der Waals surface area contributed by atoms with Gasteiger partial charge >= 0.3 is 0 Å². The lowest BCUT2D eigenvalue weighted by Gasteiger charge is -2.54. The van der Waals surface area contributed by atoms with Gasteiger partial charge < -0.3 is 31.5 Å². The van der Waals surface area contributed by atoms with E-state index in [0.29, 0.717) is 32.4 Å². The summed E-state index contributed by atoms with van der Waals surface area (Å²) >= 11 is 0. The molecule has 2 heterocycles. The van der Waals surface area contributed by atoms with E-state index in [0.717, 1.165) is 31.5 Å².